The second kappa shape index (κ2) is 8.26. The van der Waals surface area contributed by atoms with Gasteiger partial charge in [0.15, 0.2) is 6.61 Å². The summed E-state index contributed by atoms with van der Waals surface area (Å²) in [6.07, 6.45) is -0.510. The van der Waals surface area contributed by atoms with Crippen molar-refractivity contribution in [1.29, 1.82) is 0 Å². The molecule has 0 fully saturated rings. The van der Waals surface area contributed by atoms with E-state index in [4.69, 9.17) is 16.3 Å². The molecule has 0 aliphatic heterocycles. The smallest absolute Gasteiger partial charge is 0.378 e. The van der Waals surface area contributed by atoms with Gasteiger partial charge in [-0.25, -0.2) is 4.79 Å². The molecule has 0 aliphatic rings. The Morgan fingerprint density at radius 3 is 2.38 bits per heavy atom. The summed E-state index contributed by atoms with van der Waals surface area (Å²) >= 11 is 5.74. The number of methoxy groups -OCH3 is 1. The van der Waals surface area contributed by atoms with Gasteiger partial charge in [-0.3, -0.25) is 9.59 Å². The molecule has 1 rings (SSSR count). The molecule has 114 valence electrons. The van der Waals surface area contributed by atoms with E-state index in [0.29, 0.717) is 10.8 Å². The van der Waals surface area contributed by atoms with Gasteiger partial charge >= 0.3 is 11.9 Å². The van der Waals surface area contributed by atoms with Crippen molar-refractivity contribution in [2.24, 2.45) is 0 Å². The van der Waals surface area contributed by atoms with Gasteiger partial charge in [-0.05, 0) is 31.2 Å². The van der Waals surface area contributed by atoms with Crippen LogP contribution in [0.15, 0.2) is 24.3 Å². The Morgan fingerprint density at radius 1 is 1.19 bits per heavy atom. The third-order valence-electron chi connectivity index (χ3n) is 2.38. The van der Waals surface area contributed by atoms with E-state index in [0.717, 1.165) is 7.11 Å². The number of benzene rings is 1. The van der Waals surface area contributed by atoms with Gasteiger partial charge in [0, 0.05) is 5.02 Å². The summed E-state index contributed by atoms with van der Waals surface area (Å²) in [7, 11) is 1.07. The van der Waals surface area contributed by atoms with Crippen molar-refractivity contribution in [3.05, 3.63) is 29.3 Å². The molecule has 6 nitrogen and oxygen atoms in total. The van der Waals surface area contributed by atoms with Gasteiger partial charge in [0.25, 0.3) is 5.78 Å². The van der Waals surface area contributed by atoms with E-state index in [1.165, 1.54) is 0 Å². The average Bonchev–Trinajstić information content (AvgIpc) is 2.46. The number of hydrogen-bond acceptors (Lipinski definition) is 6. The van der Waals surface area contributed by atoms with E-state index >= 15 is 0 Å². The molecule has 0 heterocycles. The number of carbonyl (C=O) groups excluding carboxylic acids is 3. The third kappa shape index (κ3) is 6.27. The fraction of sp³-hybridized carbons (Fsp3) is 0.357. The van der Waals surface area contributed by atoms with Gasteiger partial charge in [0.2, 0.25) is 0 Å². The maximum absolute atomic E-state index is 11.5. The van der Waals surface area contributed by atoms with Gasteiger partial charge in [-0.2, -0.15) is 0 Å². The number of ketones is 1. The summed E-state index contributed by atoms with van der Waals surface area (Å²) < 4.78 is 14.3. The fourth-order valence-electron chi connectivity index (χ4n) is 1.40. The van der Waals surface area contributed by atoms with Crippen molar-refractivity contribution in [2.75, 3.05) is 13.7 Å². The summed E-state index contributed by atoms with van der Waals surface area (Å²) in [6, 6.07) is 6.67. The first kappa shape index (κ1) is 17.0. The van der Waals surface area contributed by atoms with Gasteiger partial charge in [0.1, 0.15) is 11.9 Å². The molecule has 0 radical (unpaired) electrons. The van der Waals surface area contributed by atoms with Crippen LogP contribution in [0.2, 0.25) is 5.02 Å². The summed E-state index contributed by atoms with van der Waals surface area (Å²) in [6.45, 7) is 1.04. The van der Waals surface area contributed by atoms with Crippen molar-refractivity contribution >= 4 is 29.3 Å². The lowest BCUT2D eigenvalue weighted by molar-refractivity contribution is -0.158. The molecule has 0 spiro atoms. The van der Waals surface area contributed by atoms with Crippen LogP contribution < -0.4 is 4.74 Å². The Morgan fingerprint density at radius 2 is 1.81 bits per heavy atom. The van der Waals surface area contributed by atoms with Gasteiger partial charge in [-0.1, -0.05) is 11.6 Å². The molecule has 0 amide bonds. The van der Waals surface area contributed by atoms with Crippen molar-refractivity contribution in [3.63, 3.8) is 0 Å². The fourth-order valence-corrected chi connectivity index (χ4v) is 1.53. The Bertz CT molecular complexity index is 511. The molecule has 0 aliphatic carbocycles. The molecule has 1 unspecified atom stereocenters. The van der Waals surface area contributed by atoms with Crippen molar-refractivity contribution < 1.29 is 28.6 Å². The zero-order chi connectivity index (χ0) is 15.8. The lowest BCUT2D eigenvalue weighted by atomic mass is 10.3. The van der Waals surface area contributed by atoms with Crippen LogP contribution in [-0.2, 0) is 23.9 Å². The Balaban J connectivity index is 2.35. The van der Waals surface area contributed by atoms with Gasteiger partial charge in [-0.15, -0.1) is 0 Å². The molecule has 21 heavy (non-hydrogen) atoms. The molecule has 1 aromatic rings. The van der Waals surface area contributed by atoms with Crippen LogP contribution in [-0.4, -0.2) is 37.5 Å². The summed E-state index contributed by atoms with van der Waals surface area (Å²) in [5, 5.41) is 0.579. The largest absolute Gasteiger partial charge is 0.490 e. The molecule has 0 saturated heterocycles. The average molecular weight is 315 g/mol. The van der Waals surface area contributed by atoms with Crippen molar-refractivity contribution in [2.45, 2.75) is 19.4 Å². The Kier molecular flexibility index (Phi) is 6.68. The van der Waals surface area contributed by atoms with Gasteiger partial charge < -0.3 is 14.2 Å². The molecule has 0 N–H and O–H groups in total. The summed E-state index contributed by atoms with van der Waals surface area (Å²) in [5.74, 6) is -2.05. The number of rotatable bonds is 7. The van der Waals surface area contributed by atoms with Crippen molar-refractivity contribution in [1.82, 2.24) is 0 Å². The van der Waals surface area contributed by atoms with Gasteiger partial charge in [0.05, 0.1) is 13.5 Å². The normalized spacial score (nSPS) is 11.4. The first-order valence-electron chi connectivity index (χ1n) is 6.11. The predicted octanol–water partition coefficient (Wildman–Crippen LogP) is 1.78. The van der Waals surface area contributed by atoms with E-state index < -0.39 is 30.4 Å². The minimum atomic E-state index is -1.05. The number of Topliss-reactive ketones (excluding diaryl/α,β-unsaturated/α-hetero) is 1. The monoisotopic (exact) mass is 314 g/mol. The highest BCUT2D eigenvalue weighted by Gasteiger charge is 2.18. The van der Waals surface area contributed by atoms with Crippen molar-refractivity contribution in [3.8, 4) is 5.75 Å². The van der Waals surface area contributed by atoms with Crippen LogP contribution in [0.3, 0.4) is 0 Å². The second-order valence-electron chi connectivity index (χ2n) is 4.16. The van der Waals surface area contributed by atoms with Crippen LogP contribution in [0.25, 0.3) is 0 Å². The summed E-state index contributed by atoms with van der Waals surface area (Å²) in [4.78, 5) is 33.4. The van der Waals surface area contributed by atoms with Crippen LogP contribution in [0.1, 0.15) is 13.3 Å². The number of ether oxygens (including phenoxy) is 3. The van der Waals surface area contributed by atoms with E-state index in [9.17, 15) is 14.4 Å². The topological polar surface area (TPSA) is 78.9 Å². The Hall–Kier alpha value is -2.08. The molecule has 0 saturated carbocycles. The molecular weight excluding hydrogens is 300 g/mol. The lowest BCUT2D eigenvalue weighted by Crippen LogP contribution is -2.25. The molecule has 0 bridgehead atoms. The van der Waals surface area contributed by atoms with E-state index in [2.05, 4.69) is 9.47 Å². The van der Waals surface area contributed by atoms with Crippen LogP contribution in [0.4, 0.5) is 0 Å². The molecular formula is C14H15ClO6. The molecule has 1 aromatic carbocycles. The lowest BCUT2D eigenvalue weighted by Gasteiger charge is -2.13. The second-order valence-corrected chi connectivity index (χ2v) is 4.60. The maximum atomic E-state index is 11.5. The maximum Gasteiger partial charge on any atom is 0.378 e. The predicted molar refractivity (Wildman–Crippen MR) is 74.1 cm³/mol. The van der Waals surface area contributed by atoms with E-state index in [-0.39, 0.29) is 6.42 Å². The number of hydrogen-bond donors (Lipinski definition) is 0. The quantitative estimate of drug-likeness (QED) is 0.564. The van der Waals surface area contributed by atoms with Crippen LogP contribution in [0.5, 0.6) is 5.75 Å². The Labute approximate surface area is 126 Å². The zero-order valence-corrected chi connectivity index (χ0v) is 12.4. The number of carbonyl (C=O) groups is 3. The number of esters is 2. The highest BCUT2D eigenvalue weighted by atomic mass is 35.5. The van der Waals surface area contributed by atoms with Crippen LogP contribution in [0, 0.1) is 0 Å². The highest BCUT2D eigenvalue weighted by molar-refractivity contribution is 6.34. The highest BCUT2D eigenvalue weighted by Crippen LogP contribution is 2.17. The number of halogens is 1. The molecule has 1 atom stereocenters. The first-order chi connectivity index (χ1) is 9.92. The van der Waals surface area contributed by atoms with Crippen LogP contribution >= 0.6 is 11.6 Å². The third-order valence-corrected chi connectivity index (χ3v) is 2.63. The molecule has 0 aromatic heterocycles. The van der Waals surface area contributed by atoms with E-state index in [1.54, 1.807) is 31.2 Å². The summed E-state index contributed by atoms with van der Waals surface area (Å²) in [5.41, 5.74) is 0. The first-order valence-corrected chi connectivity index (χ1v) is 6.49. The van der Waals surface area contributed by atoms with E-state index in [1.807, 2.05) is 0 Å². The molecule has 7 heteroatoms. The zero-order valence-electron chi connectivity index (χ0n) is 11.6. The SMILES string of the molecule is COC(=O)C(=O)COC(=O)CC(C)Oc1ccc(Cl)cc1. The minimum Gasteiger partial charge on any atom is -0.490 e. The minimum absolute atomic E-state index is 0.0585. The standard InChI is InChI=1S/C14H15ClO6/c1-9(21-11-5-3-10(15)4-6-11)7-13(17)20-8-12(16)14(18)19-2/h3-6,9H,7-8H2,1-2H3.